The lowest BCUT2D eigenvalue weighted by Crippen LogP contribution is -1.96. The van der Waals surface area contributed by atoms with Gasteiger partial charge in [0.1, 0.15) is 6.07 Å². The van der Waals surface area contributed by atoms with Crippen molar-refractivity contribution in [2.45, 2.75) is 0 Å². The summed E-state index contributed by atoms with van der Waals surface area (Å²) in [4.78, 5) is 3.94. The molecule has 0 saturated heterocycles. The van der Waals surface area contributed by atoms with Crippen molar-refractivity contribution in [1.82, 2.24) is 4.98 Å². The zero-order valence-corrected chi connectivity index (χ0v) is 9.27. The second-order valence-electron chi connectivity index (χ2n) is 3.08. The summed E-state index contributed by atoms with van der Waals surface area (Å²) in [5, 5.41) is 8.62. The van der Waals surface area contributed by atoms with Gasteiger partial charge in [0.15, 0.2) is 5.82 Å². The lowest BCUT2D eigenvalue weighted by molar-refractivity contribution is 0.630. The lowest BCUT2D eigenvalue weighted by atomic mass is 10.1. The van der Waals surface area contributed by atoms with Gasteiger partial charge in [-0.15, -0.1) is 0 Å². The molecule has 0 saturated carbocycles. The molecule has 6 heteroatoms. The van der Waals surface area contributed by atoms with Crippen molar-refractivity contribution in [2.75, 3.05) is 5.73 Å². The highest BCUT2D eigenvalue weighted by molar-refractivity contribution is 6.39. The Morgan fingerprint density at radius 2 is 2.12 bits per heavy atom. The first-order chi connectivity index (χ1) is 7.56. The molecule has 0 aliphatic heterocycles. The third-order valence-electron chi connectivity index (χ3n) is 2.15. The molecule has 2 rings (SSSR count). The molecule has 0 radical (unpaired) electrons. The fourth-order valence-corrected chi connectivity index (χ4v) is 1.91. The van der Waals surface area contributed by atoms with Crippen molar-refractivity contribution in [3.8, 4) is 6.07 Å². The van der Waals surface area contributed by atoms with Gasteiger partial charge in [-0.2, -0.15) is 5.26 Å². The second-order valence-corrected chi connectivity index (χ2v) is 3.86. The van der Waals surface area contributed by atoms with Gasteiger partial charge in [0.2, 0.25) is 0 Å². The van der Waals surface area contributed by atoms with E-state index in [0.29, 0.717) is 5.52 Å². The summed E-state index contributed by atoms with van der Waals surface area (Å²) in [7, 11) is 0. The van der Waals surface area contributed by atoms with Crippen LogP contribution >= 0.6 is 23.2 Å². The maximum absolute atomic E-state index is 13.4. The molecule has 0 amide bonds. The third kappa shape index (κ3) is 1.45. The van der Waals surface area contributed by atoms with Crippen LogP contribution < -0.4 is 5.73 Å². The van der Waals surface area contributed by atoms with Gasteiger partial charge in [0, 0.05) is 11.6 Å². The normalized spacial score (nSPS) is 10.4. The van der Waals surface area contributed by atoms with E-state index in [2.05, 4.69) is 4.98 Å². The molecule has 0 spiro atoms. The van der Waals surface area contributed by atoms with E-state index in [4.69, 9.17) is 34.2 Å². The average molecular weight is 256 g/mol. The van der Waals surface area contributed by atoms with E-state index >= 15 is 0 Å². The van der Waals surface area contributed by atoms with E-state index in [1.54, 1.807) is 0 Å². The second kappa shape index (κ2) is 3.78. The summed E-state index contributed by atoms with van der Waals surface area (Å²) in [5.74, 6) is -0.764. The SMILES string of the molecule is N#Cc1cnc2cc(Cl)c(F)c(Cl)c2c1N. The number of rotatable bonds is 0. The molecule has 0 fully saturated rings. The number of anilines is 1. The number of nitrogens with two attached hydrogens (primary N) is 1. The number of nitrogens with zero attached hydrogens (tertiary/aromatic N) is 2. The van der Waals surface area contributed by atoms with E-state index in [-0.39, 0.29) is 26.7 Å². The van der Waals surface area contributed by atoms with Crippen LogP contribution in [-0.4, -0.2) is 4.98 Å². The van der Waals surface area contributed by atoms with Crippen molar-refractivity contribution >= 4 is 39.8 Å². The Morgan fingerprint density at radius 1 is 1.44 bits per heavy atom. The molecule has 0 atom stereocenters. The zero-order valence-electron chi connectivity index (χ0n) is 7.76. The molecule has 0 aliphatic rings. The topological polar surface area (TPSA) is 62.7 Å². The molecular formula is C10H4Cl2FN3. The van der Waals surface area contributed by atoms with E-state index in [9.17, 15) is 4.39 Å². The quantitative estimate of drug-likeness (QED) is 0.736. The van der Waals surface area contributed by atoms with Gasteiger partial charge < -0.3 is 5.73 Å². The third-order valence-corrected chi connectivity index (χ3v) is 2.78. The van der Waals surface area contributed by atoms with E-state index in [1.165, 1.54) is 12.3 Å². The van der Waals surface area contributed by atoms with Crippen LogP contribution in [0.4, 0.5) is 10.1 Å². The molecule has 0 bridgehead atoms. The summed E-state index contributed by atoms with van der Waals surface area (Å²) < 4.78 is 13.4. The molecule has 3 nitrogen and oxygen atoms in total. The lowest BCUT2D eigenvalue weighted by Gasteiger charge is -2.07. The minimum atomic E-state index is -0.764. The van der Waals surface area contributed by atoms with Crippen LogP contribution in [0.3, 0.4) is 0 Å². The minimum Gasteiger partial charge on any atom is -0.397 e. The van der Waals surface area contributed by atoms with Crippen LogP contribution in [0.5, 0.6) is 0 Å². The standard InChI is InChI=1S/C10H4Cl2FN3/c11-5-1-6-7(8(12)9(5)13)10(15)4(2-14)3-16-6/h1,3H,(H2,15,16). The van der Waals surface area contributed by atoms with Crippen molar-refractivity contribution in [1.29, 1.82) is 5.26 Å². The molecule has 2 N–H and O–H groups in total. The van der Waals surface area contributed by atoms with Gasteiger partial charge in [-0.25, -0.2) is 4.39 Å². The zero-order chi connectivity index (χ0) is 11.9. The van der Waals surface area contributed by atoms with Crippen LogP contribution in [0.25, 0.3) is 10.9 Å². The number of nitriles is 1. The Hall–Kier alpha value is -1.57. The molecule has 0 aliphatic carbocycles. The Kier molecular flexibility index (Phi) is 2.58. The monoisotopic (exact) mass is 255 g/mol. The van der Waals surface area contributed by atoms with Gasteiger partial charge >= 0.3 is 0 Å². The highest BCUT2D eigenvalue weighted by atomic mass is 35.5. The molecule has 1 aromatic carbocycles. The molecule has 2 aromatic rings. The van der Waals surface area contributed by atoms with Crippen molar-refractivity contribution in [3.63, 3.8) is 0 Å². The Labute approximate surface area is 100 Å². The summed E-state index contributed by atoms with van der Waals surface area (Å²) >= 11 is 11.4. The summed E-state index contributed by atoms with van der Waals surface area (Å²) in [6.07, 6.45) is 1.29. The summed E-state index contributed by atoms with van der Waals surface area (Å²) in [6, 6.07) is 3.16. The number of nitrogen functional groups attached to an aromatic ring is 1. The van der Waals surface area contributed by atoms with Gasteiger partial charge in [-0.05, 0) is 6.07 Å². The van der Waals surface area contributed by atoms with E-state index in [1.807, 2.05) is 6.07 Å². The van der Waals surface area contributed by atoms with Crippen LogP contribution in [0.1, 0.15) is 5.56 Å². The number of pyridine rings is 1. The number of aromatic nitrogens is 1. The number of hydrogen-bond donors (Lipinski definition) is 1. The number of halogens is 3. The first-order valence-corrected chi connectivity index (χ1v) is 4.93. The van der Waals surface area contributed by atoms with Gasteiger partial charge in [0.25, 0.3) is 0 Å². The van der Waals surface area contributed by atoms with E-state index in [0.717, 1.165) is 0 Å². The van der Waals surface area contributed by atoms with E-state index < -0.39 is 5.82 Å². The molecular weight excluding hydrogens is 252 g/mol. The molecule has 1 aromatic heterocycles. The molecule has 16 heavy (non-hydrogen) atoms. The van der Waals surface area contributed by atoms with Crippen LogP contribution in [0.15, 0.2) is 12.3 Å². The number of benzene rings is 1. The number of hydrogen-bond acceptors (Lipinski definition) is 3. The largest absolute Gasteiger partial charge is 0.397 e. The van der Waals surface area contributed by atoms with Crippen LogP contribution in [0, 0.1) is 17.1 Å². The highest BCUT2D eigenvalue weighted by Gasteiger charge is 2.15. The Bertz CT molecular complexity index is 634. The molecule has 80 valence electrons. The van der Waals surface area contributed by atoms with Crippen LogP contribution in [0.2, 0.25) is 10.0 Å². The molecule has 0 unspecified atom stereocenters. The fourth-order valence-electron chi connectivity index (χ4n) is 1.37. The Morgan fingerprint density at radius 3 is 2.75 bits per heavy atom. The molecule has 1 heterocycles. The smallest absolute Gasteiger partial charge is 0.161 e. The fraction of sp³-hybridized carbons (Fsp3) is 0. The average Bonchev–Trinajstić information content (AvgIpc) is 2.26. The highest BCUT2D eigenvalue weighted by Crippen LogP contribution is 2.35. The van der Waals surface area contributed by atoms with Crippen molar-refractivity contribution in [3.05, 3.63) is 33.7 Å². The first kappa shape index (κ1) is 10.9. The summed E-state index contributed by atoms with van der Waals surface area (Å²) in [5.41, 5.74) is 6.30. The van der Waals surface area contributed by atoms with Crippen molar-refractivity contribution in [2.24, 2.45) is 0 Å². The van der Waals surface area contributed by atoms with Gasteiger partial charge in [0.05, 0.1) is 26.8 Å². The van der Waals surface area contributed by atoms with Gasteiger partial charge in [-0.3, -0.25) is 4.98 Å². The minimum absolute atomic E-state index is 0.105. The predicted octanol–water partition coefficient (Wildman–Crippen LogP) is 3.13. The maximum Gasteiger partial charge on any atom is 0.161 e. The van der Waals surface area contributed by atoms with Crippen LogP contribution in [-0.2, 0) is 0 Å². The van der Waals surface area contributed by atoms with Crippen molar-refractivity contribution < 1.29 is 4.39 Å². The van der Waals surface area contributed by atoms with Gasteiger partial charge in [-0.1, -0.05) is 23.2 Å². The Balaban J connectivity index is 3.00. The summed E-state index contributed by atoms with van der Waals surface area (Å²) in [6.45, 7) is 0. The maximum atomic E-state index is 13.4. The number of fused-ring (bicyclic) bond motifs is 1. The predicted molar refractivity (Wildman–Crippen MR) is 60.8 cm³/mol. The first-order valence-electron chi connectivity index (χ1n) is 4.18.